The maximum Gasteiger partial charge on any atom is 0.346 e. The molecule has 0 bridgehead atoms. The smallest absolute Gasteiger partial charge is 0.342 e. The number of aryl methyl sites for hydroxylation is 1. The zero-order valence-corrected chi connectivity index (χ0v) is 18.3. The molecule has 0 radical (unpaired) electrons. The van der Waals surface area contributed by atoms with Gasteiger partial charge in [0.25, 0.3) is 0 Å². The van der Waals surface area contributed by atoms with Gasteiger partial charge in [-0.1, -0.05) is 44.2 Å². The van der Waals surface area contributed by atoms with Crippen molar-refractivity contribution >= 4 is 5.91 Å². The van der Waals surface area contributed by atoms with E-state index >= 15 is 0 Å². The van der Waals surface area contributed by atoms with E-state index in [9.17, 15) is 9.59 Å². The average molecular weight is 411 g/mol. The van der Waals surface area contributed by atoms with Gasteiger partial charge in [0, 0.05) is 32.0 Å². The van der Waals surface area contributed by atoms with E-state index in [0.29, 0.717) is 12.5 Å². The van der Waals surface area contributed by atoms with Crippen LogP contribution in [0, 0.1) is 11.3 Å². The molecule has 2 aliphatic heterocycles. The lowest BCUT2D eigenvalue weighted by Gasteiger charge is -2.42. The zero-order chi connectivity index (χ0) is 21.1. The number of aromatic nitrogens is 3. The Balaban J connectivity index is 1.41. The van der Waals surface area contributed by atoms with E-state index in [1.54, 1.807) is 4.68 Å². The summed E-state index contributed by atoms with van der Waals surface area (Å²) in [5, 5.41) is 4.67. The Morgan fingerprint density at radius 2 is 1.70 bits per heavy atom. The second-order valence-electron chi connectivity index (χ2n) is 9.08. The molecule has 1 saturated heterocycles. The summed E-state index contributed by atoms with van der Waals surface area (Å²) in [4.78, 5) is 27.8. The molecule has 0 saturated carbocycles. The van der Waals surface area contributed by atoms with Crippen LogP contribution in [-0.4, -0.2) is 38.2 Å². The minimum absolute atomic E-state index is 0.00671. The lowest BCUT2D eigenvalue weighted by atomic mass is 9.72. The summed E-state index contributed by atoms with van der Waals surface area (Å²) in [5.74, 6) is 1.42. The topological polar surface area (TPSA) is 60.1 Å². The van der Waals surface area contributed by atoms with Crippen LogP contribution in [0.5, 0.6) is 0 Å². The van der Waals surface area contributed by atoms with Crippen molar-refractivity contribution in [3.8, 4) is 0 Å². The van der Waals surface area contributed by atoms with Gasteiger partial charge in [0.1, 0.15) is 5.82 Å². The molecule has 4 rings (SSSR count). The molecule has 6 nitrogen and oxygen atoms in total. The molecule has 30 heavy (non-hydrogen) atoms. The third-order valence-corrected chi connectivity index (χ3v) is 7.39. The highest BCUT2D eigenvalue weighted by molar-refractivity contribution is 5.78. The number of amides is 1. The third kappa shape index (κ3) is 4.09. The first kappa shape index (κ1) is 20.9. The van der Waals surface area contributed by atoms with Crippen molar-refractivity contribution in [2.75, 3.05) is 13.1 Å². The Morgan fingerprint density at radius 3 is 2.37 bits per heavy atom. The van der Waals surface area contributed by atoms with Crippen LogP contribution >= 0.6 is 0 Å². The number of hydrogen-bond donors (Lipinski definition) is 0. The number of piperidine rings is 1. The number of benzene rings is 1. The Bertz CT molecular complexity index is 918. The van der Waals surface area contributed by atoms with Crippen LogP contribution in [0.1, 0.15) is 63.8 Å². The summed E-state index contributed by atoms with van der Waals surface area (Å²) in [5.41, 5.74) is 1.34. The molecule has 1 fully saturated rings. The number of nitrogens with zero attached hydrogens (tertiary/aromatic N) is 4. The number of likely N-dealkylation sites (tertiary alicyclic amines) is 1. The fourth-order valence-corrected chi connectivity index (χ4v) is 5.20. The summed E-state index contributed by atoms with van der Waals surface area (Å²) in [6, 6.07) is 10.0. The molecule has 0 aliphatic carbocycles. The van der Waals surface area contributed by atoms with Gasteiger partial charge in [-0.3, -0.25) is 9.36 Å². The molecular weight excluding hydrogens is 376 g/mol. The molecule has 162 valence electrons. The summed E-state index contributed by atoms with van der Waals surface area (Å²) in [6.07, 6.45) is 6.84. The van der Waals surface area contributed by atoms with Gasteiger partial charge in [-0.2, -0.15) is 5.10 Å². The van der Waals surface area contributed by atoms with E-state index in [1.807, 2.05) is 34.9 Å². The van der Waals surface area contributed by atoms with E-state index in [-0.39, 0.29) is 17.0 Å². The van der Waals surface area contributed by atoms with Gasteiger partial charge in [-0.05, 0) is 49.5 Å². The van der Waals surface area contributed by atoms with Gasteiger partial charge in [0.05, 0.1) is 6.54 Å². The van der Waals surface area contributed by atoms with Crippen LogP contribution in [0.4, 0.5) is 0 Å². The number of carbonyl (C=O) groups is 1. The molecule has 6 heteroatoms. The predicted molar refractivity (Wildman–Crippen MR) is 117 cm³/mol. The predicted octanol–water partition coefficient (Wildman–Crippen LogP) is 3.47. The van der Waals surface area contributed by atoms with Crippen molar-refractivity contribution in [1.82, 2.24) is 19.2 Å². The lowest BCUT2D eigenvalue weighted by Crippen LogP contribution is -2.45. The summed E-state index contributed by atoms with van der Waals surface area (Å²) >= 11 is 0. The second-order valence-corrected chi connectivity index (χ2v) is 9.08. The summed E-state index contributed by atoms with van der Waals surface area (Å²) in [7, 11) is 0. The van der Waals surface area contributed by atoms with Crippen LogP contribution in [0.3, 0.4) is 0 Å². The molecule has 2 aliphatic rings. The van der Waals surface area contributed by atoms with Gasteiger partial charge >= 0.3 is 5.69 Å². The maximum atomic E-state index is 12.9. The van der Waals surface area contributed by atoms with Crippen molar-refractivity contribution in [3.63, 3.8) is 0 Å². The van der Waals surface area contributed by atoms with Gasteiger partial charge in [0.15, 0.2) is 0 Å². The Morgan fingerprint density at radius 1 is 1.03 bits per heavy atom. The quantitative estimate of drug-likeness (QED) is 0.758. The monoisotopic (exact) mass is 410 g/mol. The van der Waals surface area contributed by atoms with Crippen LogP contribution in [-0.2, 0) is 24.3 Å². The zero-order valence-electron chi connectivity index (χ0n) is 18.3. The molecule has 0 N–H and O–H groups in total. The number of carbonyl (C=O) groups excluding carboxylic acids is 1. The molecule has 1 amide bonds. The Kier molecular flexibility index (Phi) is 6.11. The molecule has 2 aromatic rings. The van der Waals surface area contributed by atoms with Crippen molar-refractivity contribution in [1.29, 1.82) is 0 Å². The van der Waals surface area contributed by atoms with Crippen LogP contribution < -0.4 is 5.69 Å². The molecule has 3 heterocycles. The Labute approximate surface area is 178 Å². The van der Waals surface area contributed by atoms with Gasteiger partial charge in [-0.15, -0.1) is 0 Å². The van der Waals surface area contributed by atoms with Crippen LogP contribution in [0.25, 0.3) is 0 Å². The third-order valence-electron chi connectivity index (χ3n) is 7.39. The molecule has 0 unspecified atom stereocenters. The van der Waals surface area contributed by atoms with Gasteiger partial charge in [-0.25, -0.2) is 9.48 Å². The van der Waals surface area contributed by atoms with Gasteiger partial charge in [0.2, 0.25) is 5.91 Å². The first-order valence-corrected chi connectivity index (χ1v) is 11.5. The fourth-order valence-electron chi connectivity index (χ4n) is 5.20. The highest BCUT2D eigenvalue weighted by atomic mass is 16.2. The largest absolute Gasteiger partial charge is 0.346 e. The SMILES string of the molecule is CCC(CC)C(=O)N1CCC2(CCc3nn(Cc4ccccc4)c(=O)n3CC2)CC1. The van der Waals surface area contributed by atoms with E-state index in [0.717, 1.165) is 76.0 Å². The number of fused-ring (bicyclic) bond motifs is 1. The highest BCUT2D eigenvalue weighted by Crippen LogP contribution is 2.41. The maximum absolute atomic E-state index is 12.9. The van der Waals surface area contributed by atoms with E-state index in [2.05, 4.69) is 23.8 Å². The van der Waals surface area contributed by atoms with Crippen molar-refractivity contribution in [2.24, 2.45) is 11.3 Å². The average Bonchev–Trinajstić information content (AvgIpc) is 2.96. The summed E-state index contributed by atoms with van der Waals surface area (Å²) < 4.78 is 3.50. The second kappa shape index (κ2) is 8.78. The molecule has 1 aromatic heterocycles. The number of hydrogen-bond acceptors (Lipinski definition) is 3. The highest BCUT2D eigenvalue weighted by Gasteiger charge is 2.38. The first-order valence-electron chi connectivity index (χ1n) is 11.5. The standard InChI is InChI=1S/C24H34N4O2/c1-3-20(4-2)22(29)26-15-12-24(13-16-26)11-10-21-25-28(23(30)27(21)17-14-24)18-19-8-6-5-7-9-19/h5-9,20H,3-4,10-18H2,1-2H3. The molecular formula is C24H34N4O2. The minimum Gasteiger partial charge on any atom is -0.342 e. The summed E-state index contributed by atoms with van der Waals surface area (Å²) in [6.45, 7) is 7.19. The first-order chi connectivity index (χ1) is 14.5. The normalized spacial score (nSPS) is 18.4. The molecule has 1 spiro atoms. The lowest BCUT2D eigenvalue weighted by molar-refractivity contribution is -0.138. The minimum atomic E-state index is 0.00671. The van der Waals surface area contributed by atoms with Crippen molar-refractivity contribution < 1.29 is 4.79 Å². The van der Waals surface area contributed by atoms with E-state index in [1.165, 1.54) is 0 Å². The van der Waals surface area contributed by atoms with Crippen LogP contribution in [0.2, 0.25) is 0 Å². The van der Waals surface area contributed by atoms with Gasteiger partial charge < -0.3 is 4.90 Å². The van der Waals surface area contributed by atoms with Crippen molar-refractivity contribution in [2.45, 2.75) is 71.9 Å². The Hall–Kier alpha value is -2.37. The van der Waals surface area contributed by atoms with Crippen molar-refractivity contribution in [3.05, 3.63) is 52.2 Å². The van der Waals surface area contributed by atoms with Crippen LogP contribution in [0.15, 0.2) is 35.1 Å². The van der Waals surface area contributed by atoms with E-state index in [4.69, 9.17) is 0 Å². The number of rotatable bonds is 5. The molecule has 1 aromatic carbocycles. The van der Waals surface area contributed by atoms with E-state index < -0.39 is 0 Å². The fraction of sp³-hybridized carbons (Fsp3) is 0.625. The molecule has 0 atom stereocenters.